The lowest BCUT2D eigenvalue weighted by Crippen LogP contribution is -2.27. The molecule has 80 valence electrons. The van der Waals surface area contributed by atoms with Gasteiger partial charge in [0.1, 0.15) is 0 Å². The van der Waals surface area contributed by atoms with Gasteiger partial charge in [-0.2, -0.15) is 0 Å². The predicted molar refractivity (Wildman–Crippen MR) is 68.5 cm³/mol. The predicted octanol–water partition coefficient (Wildman–Crippen LogP) is 2.83. The van der Waals surface area contributed by atoms with E-state index in [-0.39, 0.29) is 5.91 Å². The number of hydrogen-bond acceptors (Lipinski definition) is 2. The minimum Gasteiger partial charge on any atom is -0.271 e. The second kappa shape index (κ2) is 4.80. The zero-order valence-corrected chi connectivity index (χ0v) is 11.6. The van der Waals surface area contributed by atoms with Gasteiger partial charge >= 0.3 is 0 Å². The molecular weight excluding hydrogens is 373 g/mol. The summed E-state index contributed by atoms with van der Waals surface area (Å²) in [5.74, 6) is -0.0572. The highest BCUT2D eigenvalue weighted by Crippen LogP contribution is 2.21. The van der Waals surface area contributed by atoms with E-state index in [4.69, 9.17) is 4.84 Å². The average molecular weight is 382 g/mol. The first-order valence-electron chi connectivity index (χ1n) is 4.58. The molecule has 5 heteroatoms. The van der Waals surface area contributed by atoms with Crippen LogP contribution in [0.15, 0.2) is 22.7 Å². The molecule has 15 heavy (non-hydrogen) atoms. The number of carbonyl (C=O) groups is 1. The van der Waals surface area contributed by atoms with Crippen LogP contribution in [0.3, 0.4) is 0 Å². The Morgan fingerprint density at radius 3 is 3.00 bits per heavy atom. The van der Waals surface area contributed by atoms with E-state index in [2.05, 4.69) is 38.5 Å². The highest BCUT2D eigenvalue weighted by molar-refractivity contribution is 14.1. The third-order valence-electron chi connectivity index (χ3n) is 2.14. The molecule has 2 rings (SSSR count). The first-order valence-corrected chi connectivity index (χ1v) is 6.45. The van der Waals surface area contributed by atoms with Crippen LogP contribution in [-0.4, -0.2) is 24.1 Å². The summed E-state index contributed by atoms with van der Waals surface area (Å²) in [5.41, 5.74) is 0.687. The highest BCUT2D eigenvalue weighted by Gasteiger charge is 2.22. The first kappa shape index (κ1) is 11.3. The number of halogens is 2. The summed E-state index contributed by atoms with van der Waals surface area (Å²) >= 11 is 5.51. The lowest BCUT2D eigenvalue weighted by atomic mass is 10.2. The molecule has 0 spiro atoms. The molecule has 1 aliphatic heterocycles. The summed E-state index contributed by atoms with van der Waals surface area (Å²) in [7, 11) is 0. The Hall–Kier alpha value is -0.140. The van der Waals surface area contributed by atoms with E-state index in [0.29, 0.717) is 18.7 Å². The summed E-state index contributed by atoms with van der Waals surface area (Å²) in [5, 5.41) is 1.43. The number of hydrogen-bond donors (Lipinski definition) is 0. The van der Waals surface area contributed by atoms with E-state index >= 15 is 0 Å². The van der Waals surface area contributed by atoms with Gasteiger partial charge < -0.3 is 0 Å². The van der Waals surface area contributed by atoms with Crippen LogP contribution >= 0.6 is 38.5 Å². The number of benzene rings is 1. The minimum atomic E-state index is -0.0572. The van der Waals surface area contributed by atoms with Crippen molar-refractivity contribution in [2.75, 3.05) is 13.2 Å². The fourth-order valence-corrected chi connectivity index (χ4v) is 2.33. The Bertz CT molecular complexity index is 391. The van der Waals surface area contributed by atoms with Crippen molar-refractivity contribution in [2.45, 2.75) is 6.42 Å². The first-order chi connectivity index (χ1) is 7.18. The fourth-order valence-electron chi connectivity index (χ4n) is 1.40. The summed E-state index contributed by atoms with van der Waals surface area (Å²) in [6, 6.07) is 5.66. The Balaban J connectivity index is 2.27. The summed E-state index contributed by atoms with van der Waals surface area (Å²) < 4.78 is 1.85. The molecule has 0 N–H and O–H groups in total. The Labute approximate surface area is 110 Å². The summed E-state index contributed by atoms with van der Waals surface area (Å²) in [6.07, 6.45) is 0.913. The van der Waals surface area contributed by atoms with E-state index in [0.717, 1.165) is 14.5 Å². The van der Waals surface area contributed by atoms with Gasteiger partial charge in [-0.05, 0) is 47.2 Å². The van der Waals surface area contributed by atoms with Crippen molar-refractivity contribution < 1.29 is 9.63 Å². The molecule has 0 saturated carbocycles. The molecule has 1 aromatic rings. The molecule has 1 amide bonds. The smallest absolute Gasteiger partial charge is 0.271 e. The van der Waals surface area contributed by atoms with Crippen LogP contribution in [-0.2, 0) is 4.84 Å². The van der Waals surface area contributed by atoms with Crippen LogP contribution in [0.4, 0.5) is 0 Å². The van der Waals surface area contributed by atoms with E-state index in [1.165, 1.54) is 5.06 Å². The van der Waals surface area contributed by atoms with Gasteiger partial charge in [0.2, 0.25) is 0 Å². The number of amides is 1. The lowest BCUT2D eigenvalue weighted by molar-refractivity contribution is -0.0769. The third-order valence-corrected chi connectivity index (χ3v) is 3.57. The van der Waals surface area contributed by atoms with Gasteiger partial charge in [0.25, 0.3) is 5.91 Å². The molecule has 1 saturated heterocycles. The molecule has 0 aliphatic carbocycles. The topological polar surface area (TPSA) is 29.5 Å². The van der Waals surface area contributed by atoms with Gasteiger partial charge in [0.15, 0.2) is 0 Å². The van der Waals surface area contributed by atoms with Gasteiger partial charge in [-0.3, -0.25) is 9.63 Å². The average Bonchev–Trinajstić information content (AvgIpc) is 2.74. The maximum absolute atomic E-state index is 12.0. The fraction of sp³-hybridized carbons (Fsp3) is 0.300. The maximum Gasteiger partial charge on any atom is 0.278 e. The van der Waals surface area contributed by atoms with Crippen molar-refractivity contribution in [3.8, 4) is 0 Å². The van der Waals surface area contributed by atoms with Crippen LogP contribution in [0, 0.1) is 3.57 Å². The molecule has 0 radical (unpaired) electrons. The normalized spacial score (nSPS) is 15.7. The monoisotopic (exact) mass is 381 g/mol. The van der Waals surface area contributed by atoms with E-state index in [1.54, 1.807) is 0 Å². The number of carbonyl (C=O) groups excluding carboxylic acids is 1. The van der Waals surface area contributed by atoms with Crippen molar-refractivity contribution in [1.29, 1.82) is 0 Å². The Kier molecular flexibility index (Phi) is 3.63. The van der Waals surface area contributed by atoms with Crippen molar-refractivity contribution >= 4 is 44.4 Å². The van der Waals surface area contributed by atoms with E-state index in [1.807, 2.05) is 18.2 Å². The standard InChI is InChI=1S/C10H9BrINO2/c11-7-2-3-9(12)8(6-7)10(14)13-4-1-5-15-13/h2-3,6H,1,4-5H2. The van der Waals surface area contributed by atoms with E-state index in [9.17, 15) is 4.79 Å². The van der Waals surface area contributed by atoms with Crippen LogP contribution in [0.1, 0.15) is 16.8 Å². The Morgan fingerprint density at radius 2 is 2.33 bits per heavy atom. The van der Waals surface area contributed by atoms with Crippen molar-refractivity contribution in [2.24, 2.45) is 0 Å². The number of nitrogens with zero attached hydrogens (tertiary/aromatic N) is 1. The number of rotatable bonds is 1. The lowest BCUT2D eigenvalue weighted by Gasteiger charge is -2.14. The molecule has 0 aromatic heterocycles. The molecule has 1 aliphatic rings. The quantitative estimate of drug-likeness (QED) is 0.700. The second-order valence-electron chi connectivity index (χ2n) is 3.22. The molecule has 1 aromatic carbocycles. The third kappa shape index (κ3) is 2.51. The maximum atomic E-state index is 12.0. The zero-order chi connectivity index (χ0) is 10.8. The molecule has 0 bridgehead atoms. The highest BCUT2D eigenvalue weighted by atomic mass is 127. The molecule has 0 unspecified atom stereocenters. The van der Waals surface area contributed by atoms with Crippen LogP contribution < -0.4 is 0 Å². The SMILES string of the molecule is O=C(c1cc(Br)ccc1I)N1CCCO1. The van der Waals surface area contributed by atoms with Crippen molar-refractivity contribution in [1.82, 2.24) is 5.06 Å². The molecule has 0 atom stereocenters. The van der Waals surface area contributed by atoms with Crippen LogP contribution in [0.5, 0.6) is 0 Å². The van der Waals surface area contributed by atoms with Gasteiger partial charge in [-0.15, -0.1) is 0 Å². The molecular formula is C10H9BrINO2. The largest absolute Gasteiger partial charge is 0.278 e. The van der Waals surface area contributed by atoms with Gasteiger partial charge in [-0.25, -0.2) is 5.06 Å². The summed E-state index contributed by atoms with van der Waals surface area (Å²) in [4.78, 5) is 17.2. The molecule has 3 nitrogen and oxygen atoms in total. The molecule has 1 fully saturated rings. The minimum absolute atomic E-state index is 0.0572. The van der Waals surface area contributed by atoms with Gasteiger partial charge in [0, 0.05) is 8.04 Å². The van der Waals surface area contributed by atoms with Crippen LogP contribution in [0.2, 0.25) is 0 Å². The van der Waals surface area contributed by atoms with Gasteiger partial charge in [-0.1, -0.05) is 15.9 Å². The van der Waals surface area contributed by atoms with Gasteiger partial charge in [0.05, 0.1) is 18.7 Å². The van der Waals surface area contributed by atoms with E-state index < -0.39 is 0 Å². The van der Waals surface area contributed by atoms with Crippen molar-refractivity contribution in [3.63, 3.8) is 0 Å². The second-order valence-corrected chi connectivity index (χ2v) is 5.30. The van der Waals surface area contributed by atoms with Crippen molar-refractivity contribution in [3.05, 3.63) is 31.8 Å². The number of hydroxylamine groups is 2. The van der Waals surface area contributed by atoms with Crippen LogP contribution in [0.25, 0.3) is 0 Å². The summed E-state index contributed by atoms with van der Waals surface area (Å²) in [6.45, 7) is 1.32. The molecule has 1 heterocycles. The Morgan fingerprint density at radius 1 is 1.53 bits per heavy atom. The zero-order valence-electron chi connectivity index (χ0n) is 7.87.